The van der Waals surface area contributed by atoms with Crippen molar-refractivity contribution < 1.29 is 4.74 Å². The molecule has 0 amide bonds. The third-order valence-electron chi connectivity index (χ3n) is 3.55. The number of rotatable bonds is 5. The molecule has 3 rings (SSSR count). The minimum atomic E-state index is 0.588. The molecule has 1 aliphatic heterocycles. The Morgan fingerprint density at radius 1 is 1.00 bits per heavy atom. The molecule has 0 bridgehead atoms. The first kappa shape index (κ1) is 13.8. The van der Waals surface area contributed by atoms with Crippen molar-refractivity contribution in [3.05, 3.63) is 48.0 Å². The van der Waals surface area contributed by atoms with Crippen LogP contribution in [0.5, 0.6) is 5.88 Å². The van der Waals surface area contributed by atoms with E-state index in [9.17, 15) is 0 Å². The van der Waals surface area contributed by atoms with Gasteiger partial charge in [0, 0.05) is 38.7 Å². The lowest BCUT2D eigenvalue weighted by molar-refractivity contribution is 0.305. The van der Waals surface area contributed by atoms with E-state index < -0.39 is 0 Å². The molecule has 1 fully saturated rings. The van der Waals surface area contributed by atoms with Crippen LogP contribution in [0.2, 0.25) is 0 Å². The van der Waals surface area contributed by atoms with E-state index in [1.165, 1.54) is 5.56 Å². The van der Waals surface area contributed by atoms with E-state index in [0.29, 0.717) is 12.5 Å². The largest absolute Gasteiger partial charge is 0.476 e. The first-order chi connectivity index (χ1) is 10.4. The molecular weight excluding hydrogens is 264 g/mol. The first-order valence-electron chi connectivity index (χ1n) is 7.38. The molecule has 1 aromatic heterocycles. The molecule has 1 N–H and O–H groups in total. The van der Waals surface area contributed by atoms with Crippen molar-refractivity contribution in [2.45, 2.75) is 6.42 Å². The highest BCUT2D eigenvalue weighted by molar-refractivity contribution is 5.38. The Hall–Kier alpha value is -2.14. The molecule has 110 valence electrons. The van der Waals surface area contributed by atoms with Gasteiger partial charge in [-0.25, -0.2) is 0 Å². The molecule has 5 nitrogen and oxygen atoms in total. The molecule has 5 heteroatoms. The zero-order chi connectivity index (χ0) is 14.3. The van der Waals surface area contributed by atoms with Gasteiger partial charge in [-0.15, -0.1) is 10.2 Å². The van der Waals surface area contributed by atoms with Gasteiger partial charge in [0.2, 0.25) is 5.88 Å². The van der Waals surface area contributed by atoms with E-state index in [4.69, 9.17) is 4.74 Å². The quantitative estimate of drug-likeness (QED) is 0.902. The Morgan fingerprint density at radius 3 is 2.52 bits per heavy atom. The van der Waals surface area contributed by atoms with Crippen LogP contribution in [0.3, 0.4) is 0 Å². The molecule has 2 aromatic rings. The normalized spacial score (nSPS) is 15.0. The minimum Gasteiger partial charge on any atom is -0.476 e. The lowest BCUT2D eigenvalue weighted by Crippen LogP contribution is -2.43. The average molecular weight is 284 g/mol. The highest BCUT2D eigenvalue weighted by Gasteiger charge is 2.11. The van der Waals surface area contributed by atoms with Gasteiger partial charge in [-0.05, 0) is 11.6 Å². The van der Waals surface area contributed by atoms with Crippen LogP contribution in [0.15, 0.2) is 42.5 Å². The van der Waals surface area contributed by atoms with Crippen LogP contribution >= 0.6 is 0 Å². The van der Waals surface area contributed by atoms with Crippen molar-refractivity contribution in [2.75, 3.05) is 37.7 Å². The highest BCUT2D eigenvalue weighted by Crippen LogP contribution is 2.13. The Balaban J connectivity index is 1.50. The molecule has 0 spiro atoms. The van der Waals surface area contributed by atoms with Gasteiger partial charge in [-0.2, -0.15) is 0 Å². The molecule has 1 saturated heterocycles. The third-order valence-corrected chi connectivity index (χ3v) is 3.55. The van der Waals surface area contributed by atoms with Gasteiger partial charge in [-0.1, -0.05) is 30.3 Å². The predicted molar refractivity (Wildman–Crippen MR) is 82.8 cm³/mol. The molecule has 0 aliphatic carbocycles. The minimum absolute atomic E-state index is 0.588. The molecular formula is C16H20N4O. The number of benzene rings is 1. The Bertz CT molecular complexity index is 538. The van der Waals surface area contributed by atoms with E-state index >= 15 is 0 Å². The lowest BCUT2D eigenvalue weighted by Gasteiger charge is -2.27. The summed E-state index contributed by atoms with van der Waals surface area (Å²) in [7, 11) is 0. The standard InChI is InChI=1S/C16H20N4O/c1-2-4-14(5-3-1)8-13-21-16-7-6-15(18-19-16)20-11-9-17-10-12-20/h1-7,17H,8-13H2. The molecule has 0 unspecified atom stereocenters. The zero-order valence-electron chi connectivity index (χ0n) is 12.0. The Kier molecular flexibility index (Phi) is 4.63. The maximum Gasteiger partial charge on any atom is 0.233 e. The predicted octanol–water partition coefficient (Wildman–Crippen LogP) is 1.51. The lowest BCUT2D eigenvalue weighted by atomic mass is 10.2. The van der Waals surface area contributed by atoms with Crippen LogP contribution in [-0.2, 0) is 6.42 Å². The monoisotopic (exact) mass is 284 g/mol. The first-order valence-corrected chi connectivity index (χ1v) is 7.38. The molecule has 0 atom stereocenters. The van der Waals surface area contributed by atoms with Crippen LogP contribution in [0, 0.1) is 0 Å². The highest BCUT2D eigenvalue weighted by atomic mass is 16.5. The number of piperazine rings is 1. The van der Waals surface area contributed by atoms with Gasteiger partial charge in [-0.3, -0.25) is 0 Å². The Labute approximate surface area is 125 Å². The average Bonchev–Trinajstić information content (AvgIpc) is 2.57. The van der Waals surface area contributed by atoms with E-state index in [0.717, 1.165) is 38.4 Å². The van der Waals surface area contributed by atoms with Crippen molar-refractivity contribution in [3.63, 3.8) is 0 Å². The second-order valence-electron chi connectivity index (χ2n) is 5.05. The van der Waals surface area contributed by atoms with Gasteiger partial charge < -0.3 is 15.0 Å². The summed E-state index contributed by atoms with van der Waals surface area (Å²) in [6, 6.07) is 14.2. The summed E-state index contributed by atoms with van der Waals surface area (Å²) in [6.07, 6.45) is 0.877. The number of nitrogens with one attached hydrogen (secondary N) is 1. The number of aromatic nitrogens is 2. The summed E-state index contributed by atoms with van der Waals surface area (Å²) >= 11 is 0. The topological polar surface area (TPSA) is 50.3 Å². The molecule has 1 aliphatic rings. The number of hydrogen-bond acceptors (Lipinski definition) is 5. The third kappa shape index (κ3) is 3.92. The van der Waals surface area contributed by atoms with Crippen molar-refractivity contribution >= 4 is 5.82 Å². The summed E-state index contributed by atoms with van der Waals surface area (Å²) in [5.41, 5.74) is 1.27. The number of nitrogens with zero attached hydrogens (tertiary/aromatic N) is 3. The summed E-state index contributed by atoms with van der Waals surface area (Å²) < 4.78 is 5.65. The number of ether oxygens (including phenoxy) is 1. The van der Waals surface area contributed by atoms with E-state index in [1.807, 2.05) is 30.3 Å². The van der Waals surface area contributed by atoms with Gasteiger partial charge in [0.1, 0.15) is 0 Å². The fraction of sp³-hybridized carbons (Fsp3) is 0.375. The molecule has 2 heterocycles. The van der Waals surface area contributed by atoms with Gasteiger partial charge >= 0.3 is 0 Å². The second kappa shape index (κ2) is 7.04. The van der Waals surface area contributed by atoms with Gasteiger partial charge in [0.15, 0.2) is 5.82 Å². The fourth-order valence-corrected chi connectivity index (χ4v) is 2.37. The van der Waals surface area contributed by atoms with Crippen molar-refractivity contribution in [1.82, 2.24) is 15.5 Å². The van der Waals surface area contributed by atoms with Crippen molar-refractivity contribution in [3.8, 4) is 5.88 Å². The van der Waals surface area contributed by atoms with Gasteiger partial charge in [0.25, 0.3) is 0 Å². The van der Waals surface area contributed by atoms with E-state index in [-0.39, 0.29) is 0 Å². The molecule has 1 aromatic carbocycles. The maximum atomic E-state index is 5.65. The SMILES string of the molecule is c1ccc(CCOc2ccc(N3CCNCC3)nn2)cc1. The van der Waals surface area contributed by atoms with E-state index in [2.05, 4.69) is 32.5 Å². The van der Waals surface area contributed by atoms with Crippen LogP contribution in [-0.4, -0.2) is 43.0 Å². The number of anilines is 1. The second-order valence-corrected chi connectivity index (χ2v) is 5.05. The summed E-state index contributed by atoms with van der Waals surface area (Å²) in [5.74, 6) is 1.51. The maximum absolute atomic E-state index is 5.65. The fourth-order valence-electron chi connectivity index (χ4n) is 2.37. The zero-order valence-corrected chi connectivity index (χ0v) is 12.0. The van der Waals surface area contributed by atoms with Crippen LogP contribution in [0.25, 0.3) is 0 Å². The van der Waals surface area contributed by atoms with Crippen molar-refractivity contribution in [2.24, 2.45) is 0 Å². The van der Waals surface area contributed by atoms with Crippen LogP contribution in [0.1, 0.15) is 5.56 Å². The van der Waals surface area contributed by atoms with Gasteiger partial charge in [0.05, 0.1) is 6.61 Å². The molecule has 0 saturated carbocycles. The summed E-state index contributed by atoms with van der Waals surface area (Å²) in [4.78, 5) is 2.23. The van der Waals surface area contributed by atoms with Crippen LogP contribution < -0.4 is 15.0 Å². The van der Waals surface area contributed by atoms with Crippen molar-refractivity contribution in [1.29, 1.82) is 0 Å². The molecule has 0 radical (unpaired) electrons. The summed E-state index contributed by atoms with van der Waals surface area (Å²) in [5, 5.41) is 11.7. The number of hydrogen-bond donors (Lipinski definition) is 1. The van der Waals surface area contributed by atoms with Crippen LogP contribution in [0.4, 0.5) is 5.82 Å². The smallest absolute Gasteiger partial charge is 0.233 e. The van der Waals surface area contributed by atoms with E-state index in [1.54, 1.807) is 0 Å². The summed E-state index contributed by atoms with van der Waals surface area (Å²) in [6.45, 7) is 4.56. The Morgan fingerprint density at radius 2 is 1.81 bits per heavy atom. The molecule has 21 heavy (non-hydrogen) atoms.